The summed E-state index contributed by atoms with van der Waals surface area (Å²) in [5.41, 5.74) is -0.671. The Morgan fingerprint density at radius 3 is 2.38 bits per heavy atom. The molecule has 0 bridgehead atoms. The third-order valence-electron chi connectivity index (χ3n) is 2.32. The zero-order valence-electron chi connectivity index (χ0n) is 9.64. The van der Waals surface area contributed by atoms with E-state index < -0.39 is 29.7 Å². The first-order valence-electron chi connectivity index (χ1n) is 5.11. The molecule has 1 aliphatic rings. The molecule has 2 N–H and O–H groups in total. The molecule has 0 radical (unpaired) electrons. The number of carbonyl (C=O) groups excluding carboxylic acids is 1. The van der Waals surface area contributed by atoms with Gasteiger partial charge in [-0.2, -0.15) is 0 Å². The third-order valence-corrected chi connectivity index (χ3v) is 2.32. The Bertz CT molecular complexity index is 296. The Labute approximate surface area is 93.8 Å². The standard InChI is InChI=1S/C10H17NO5/c1-10(2,3)16-9(15)11-6(5-12)4-7(11)8(13)14/h6-7,12H,4-5H2,1-3H3,(H,13,14)/t6-,7-/m0/s1. The van der Waals surface area contributed by atoms with Crippen molar-refractivity contribution in [3.05, 3.63) is 0 Å². The molecule has 1 amide bonds. The molecule has 92 valence electrons. The van der Waals surface area contributed by atoms with Crippen molar-refractivity contribution in [2.45, 2.75) is 44.9 Å². The highest BCUT2D eigenvalue weighted by Crippen LogP contribution is 2.27. The molecule has 1 heterocycles. The summed E-state index contributed by atoms with van der Waals surface area (Å²) in [4.78, 5) is 23.5. The van der Waals surface area contributed by atoms with Gasteiger partial charge in [-0.05, 0) is 20.8 Å². The van der Waals surface area contributed by atoms with Gasteiger partial charge < -0.3 is 14.9 Å². The number of carbonyl (C=O) groups is 2. The first kappa shape index (κ1) is 12.8. The highest BCUT2D eigenvalue weighted by atomic mass is 16.6. The summed E-state index contributed by atoms with van der Waals surface area (Å²) >= 11 is 0. The van der Waals surface area contributed by atoms with Crippen LogP contribution >= 0.6 is 0 Å². The van der Waals surface area contributed by atoms with E-state index in [4.69, 9.17) is 14.9 Å². The van der Waals surface area contributed by atoms with E-state index in [2.05, 4.69) is 0 Å². The van der Waals surface area contributed by atoms with E-state index in [9.17, 15) is 9.59 Å². The molecule has 16 heavy (non-hydrogen) atoms. The lowest BCUT2D eigenvalue weighted by molar-refractivity contribution is -0.152. The number of likely N-dealkylation sites (tertiary alicyclic amines) is 1. The molecule has 0 saturated carbocycles. The van der Waals surface area contributed by atoms with Crippen LogP contribution < -0.4 is 0 Å². The summed E-state index contributed by atoms with van der Waals surface area (Å²) in [5, 5.41) is 17.8. The van der Waals surface area contributed by atoms with Crippen molar-refractivity contribution >= 4 is 12.1 Å². The van der Waals surface area contributed by atoms with Gasteiger partial charge >= 0.3 is 12.1 Å². The lowest BCUT2D eigenvalue weighted by Crippen LogP contribution is -2.63. The fraction of sp³-hybridized carbons (Fsp3) is 0.800. The van der Waals surface area contributed by atoms with Crippen LogP contribution in [0.25, 0.3) is 0 Å². The number of carboxylic acid groups (broad SMARTS) is 1. The molecule has 1 fully saturated rings. The summed E-state index contributed by atoms with van der Waals surface area (Å²) in [5.74, 6) is -1.07. The summed E-state index contributed by atoms with van der Waals surface area (Å²) < 4.78 is 5.07. The Hall–Kier alpha value is -1.30. The molecule has 6 heteroatoms. The zero-order chi connectivity index (χ0) is 12.5. The van der Waals surface area contributed by atoms with Gasteiger partial charge in [-0.1, -0.05) is 0 Å². The molecule has 1 aliphatic heterocycles. The van der Waals surface area contributed by atoms with Gasteiger partial charge in [-0.25, -0.2) is 9.59 Å². The normalized spacial score (nSPS) is 24.9. The number of hydrogen-bond acceptors (Lipinski definition) is 4. The van der Waals surface area contributed by atoms with Crippen molar-refractivity contribution in [2.75, 3.05) is 6.61 Å². The largest absolute Gasteiger partial charge is 0.480 e. The minimum atomic E-state index is -1.07. The van der Waals surface area contributed by atoms with Gasteiger partial charge in [0.05, 0.1) is 12.6 Å². The molecule has 0 spiro atoms. The molecule has 0 aliphatic carbocycles. The van der Waals surface area contributed by atoms with Gasteiger partial charge in [0.2, 0.25) is 0 Å². The van der Waals surface area contributed by atoms with Crippen LogP contribution in [0, 0.1) is 0 Å². The van der Waals surface area contributed by atoms with E-state index >= 15 is 0 Å². The van der Waals surface area contributed by atoms with Crippen molar-refractivity contribution in [2.24, 2.45) is 0 Å². The Morgan fingerprint density at radius 2 is 2.00 bits per heavy atom. The van der Waals surface area contributed by atoms with Gasteiger partial charge in [0, 0.05) is 6.42 Å². The quantitative estimate of drug-likeness (QED) is 0.720. The number of hydrogen-bond donors (Lipinski definition) is 2. The van der Waals surface area contributed by atoms with Gasteiger partial charge in [-0.3, -0.25) is 4.90 Å². The van der Waals surface area contributed by atoms with Gasteiger partial charge in [-0.15, -0.1) is 0 Å². The fourth-order valence-corrected chi connectivity index (χ4v) is 1.57. The van der Waals surface area contributed by atoms with Crippen LogP contribution in [0.15, 0.2) is 0 Å². The predicted octanol–water partition coefficient (Wildman–Crippen LogP) is 0.441. The van der Waals surface area contributed by atoms with E-state index in [1.807, 2.05) is 0 Å². The van der Waals surface area contributed by atoms with Crippen LogP contribution in [-0.2, 0) is 9.53 Å². The first-order valence-corrected chi connectivity index (χ1v) is 5.11. The average Bonchev–Trinajstić information content (AvgIpc) is 1.97. The minimum absolute atomic E-state index is 0.247. The monoisotopic (exact) mass is 231 g/mol. The second-order valence-corrected chi connectivity index (χ2v) is 4.81. The summed E-state index contributed by atoms with van der Waals surface area (Å²) in [6, 6.07) is -1.33. The van der Waals surface area contributed by atoms with Crippen LogP contribution in [0.1, 0.15) is 27.2 Å². The second kappa shape index (κ2) is 4.29. The number of carboxylic acids is 1. The van der Waals surface area contributed by atoms with E-state index in [0.717, 1.165) is 4.90 Å². The van der Waals surface area contributed by atoms with Gasteiger partial charge in [0.1, 0.15) is 11.6 Å². The smallest absolute Gasteiger partial charge is 0.411 e. The molecule has 0 unspecified atom stereocenters. The number of nitrogens with zero attached hydrogens (tertiary/aromatic N) is 1. The van der Waals surface area contributed by atoms with Crippen molar-refractivity contribution < 1.29 is 24.5 Å². The number of rotatable bonds is 2. The highest BCUT2D eigenvalue weighted by Gasteiger charge is 2.47. The maximum absolute atomic E-state index is 11.7. The number of ether oxygens (including phenoxy) is 1. The molecule has 0 aromatic carbocycles. The van der Waals surface area contributed by atoms with Crippen molar-refractivity contribution in [3.63, 3.8) is 0 Å². The van der Waals surface area contributed by atoms with Crippen molar-refractivity contribution in [3.8, 4) is 0 Å². The molecular weight excluding hydrogens is 214 g/mol. The molecule has 2 atom stereocenters. The number of aliphatic hydroxyl groups is 1. The predicted molar refractivity (Wildman–Crippen MR) is 55.0 cm³/mol. The summed E-state index contributed by atoms with van der Waals surface area (Å²) in [7, 11) is 0. The van der Waals surface area contributed by atoms with E-state index in [1.165, 1.54) is 0 Å². The number of amides is 1. The lowest BCUT2D eigenvalue weighted by Gasteiger charge is -2.45. The van der Waals surface area contributed by atoms with Crippen LogP contribution in [0.5, 0.6) is 0 Å². The fourth-order valence-electron chi connectivity index (χ4n) is 1.57. The summed E-state index contributed by atoms with van der Waals surface area (Å²) in [6.45, 7) is 4.86. The van der Waals surface area contributed by atoms with Crippen LogP contribution in [-0.4, -0.2) is 51.5 Å². The average molecular weight is 231 g/mol. The van der Waals surface area contributed by atoms with Crippen LogP contribution in [0.2, 0.25) is 0 Å². The second-order valence-electron chi connectivity index (χ2n) is 4.81. The summed E-state index contributed by atoms with van der Waals surface area (Å²) in [6.07, 6.45) is -0.421. The zero-order valence-corrected chi connectivity index (χ0v) is 9.64. The molecule has 0 aromatic rings. The number of aliphatic carboxylic acids is 1. The van der Waals surface area contributed by atoms with E-state index in [-0.39, 0.29) is 13.0 Å². The van der Waals surface area contributed by atoms with Gasteiger partial charge in [0.15, 0.2) is 0 Å². The molecule has 6 nitrogen and oxygen atoms in total. The Morgan fingerprint density at radius 1 is 1.44 bits per heavy atom. The van der Waals surface area contributed by atoms with E-state index in [0.29, 0.717) is 0 Å². The van der Waals surface area contributed by atoms with E-state index in [1.54, 1.807) is 20.8 Å². The molecule has 1 rings (SSSR count). The Balaban J connectivity index is 2.68. The van der Waals surface area contributed by atoms with Crippen molar-refractivity contribution in [1.29, 1.82) is 0 Å². The topological polar surface area (TPSA) is 87.1 Å². The Kier molecular flexibility index (Phi) is 3.42. The van der Waals surface area contributed by atoms with Crippen LogP contribution in [0.3, 0.4) is 0 Å². The van der Waals surface area contributed by atoms with Crippen molar-refractivity contribution in [1.82, 2.24) is 4.90 Å². The molecule has 1 saturated heterocycles. The third kappa shape index (κ3) is 2.63. The van der Waals surface area contributed by atoms with Crippen LogP contribution in [0.4, 0.5) is 4.79 Å². The maximum atomic E-state index is 11.7. The SMILES string of the molecule is CC(C)(C)OC(=O)N1[C@H](CO)C[C@H]1C(=O)O. The first-order chi connectivity index (χ1) is 7.26. The highest BCUT2D eigenvalue weighted by molar-refractivity contribution is 5.82. The lowest BCUT2D eigenvalue weighted by atomic mass is 9.94. The molecular formula is C10H17NO5. The van der Waals surface area contributed by atoms with Gasteiger partial charge in [0.25, 0.3) is 0 Å². The number of aliphatic hydroxyl groups excluding tert-OH is 1. The molecule has 0 aromatic heterocycles. The minimum Gasteiger partial charge on any atom is -0.480 e. The maximum Gasteiger partial charge on any atom is 0.411 e.